The number of nitrogens with one attached hydrogen (secondary N) is 1. The van der Waals surface area contributed by atoms with Crippen molar-refractivity contribution >= 4 is 0 Å². The smallest absolute Gasteiger partial charge is 0.126 e. The van der Waals surface area contributed by atoms with Gasteiger partial charge in [0.05, 0.1) is 6.26 Å². The summed E-state index contributed by atoms with van der Waals surface area (Å²) in [7, 11) is 0. The zero-order valence-corrected chi connectivity index (χ0v) is 12.1. The molecule has 0 saturated heterocycles. The average molecular weight is 275 g/mol. The van der Waals surface area contributed by atoms with E-state index in [-0.39, 0.29) is 11.7 Å². The Kier molecular flexibility index (Phi) is 5.36. The molecule has 0 aliphatic rings. The molecular formula is C17H22FNO. The highest BCUT2D eigenvalue weighted by atomic mass is 19.1. The highest BCUT2D eigenvalue weighted by Gasteiger charge is 2.17. The number of furan rings is 1. The van der Waals surface area contributed by atoms with Crippen molar-refractivity contribution in [2.75, 3.05) is 13.1 Å². The van der Waals surface area contributed by atoms with Gasteiger partial charge in [-0.2, -0.15) is 0 Å². The lowest BCUT2D eigenvalue weighted by Gasteiger charge is -2.18. The molecule has 1 atom stereocenters. The van der Waals surface area contributed by atoms with Gasteiger partial charge in [-0.3, -0.25) is 0 Å². The van der Waals surface area contributed by atoms with E-state index in [1.54, 1.807) is 12.3 Å². The van der Waals surface area contributed by atoms with Crippen LogP contribution in [-0.4, -0.2) is 13.1 Å². The lowest BCUT2D eigenvalue weighted by molar-refractivity contribution is 0.453. The molecular weight excluding hydrogens is 253 g/mol. The molecule has 1 aromatic heterocycles. The zero-order chi connectivity index (χ0) is 14.4. The molecule has 2 aromatic rings. The molecule has 0 aliphatic carbocycles. The highest BCUT2D eigenvalue weighted by molar-refractivity contribution is 5.23. The van der Waals surface area contributed by atoms with E-state index in [1.807, 2.05) is 24.3 Å². The first-order valence-electron chi connectivity index (χ1n) is 7.14. The van der Waals surface area contributed by atoms with Crippen molar-refractivity contribution in [2.24, 2.45) is 5.92 Å². The van der Waals surface area contributed by atoms with Gasteiger partial charge in [-0.15, -0.1) is 0 Å². The fraction of sp³-hybridized carbons (Fsp3) is 0.412. The average Bonchev–Trinajstić information content (AvgIpc) is 2.91. The van der Waals surface area contributed by atoms with Gasteiger partial charge in [0.25, 0.3) is 0 Å². The third-order valence-corrected chi connectivity index (χ3v) is 3.32. The molecule has 108 valence electrons. The zero-order valence-electron chi connectivity index (χ0n) is 12.1. The topological polar surface area (TPSA) is 25.2 Å². The van der Waals surface area contributed by atoms with Crippen LogP contribution in [0, 0.1) is 11.7 Å². The van der Waals surface area contributed by atoms with Crippen molar-refractivity contribution in [3.05, 3.63) is 59.8 Å². The van der Waals surface area contributed by atoms with Gasteiger partial charge < -0.3 is 9.73 Å². The summed E-state index contributed by atoms with van der Waals surface area (Å²) < 4.78 is 19.4. The van der Waals surface area contributed by atoms with Gasteiger partial charge in [-0.05, 0) is 36.2 Å². The van der Waals surface area contributed by atoms with Crippen LogP contribution in [0.4, 0.5) is 4.39 Å². The number of benzene rings is 1. The van der Waals surface area contributed by atoms with E-state index in [9.17, 15) is 4.39 Å². The first kappa shape index (κ1) is 14.8. The molecule has 0 bridgehead atoms. The first-order valence-corrected chi connectivity index (χ1v) is 7.14. The van der Waals surface area contributed by atoms with E-state index in [1.165, 1.54) is 6.07 Å². The molecule has 0 amide bonds. The standard InChI is InChI=1S/C17H22FNO/c1-13(2)11-19-12-14(10-15-6-5-9-20-15)16-7-3-4-8-17(16)18/h3-9,13-14,19H,10-12H2,1-2H3. The van der Waals surface area contributed by atoms with E-state index in [0.29, 0.717) is 12.3 Å². The summed E-state index contributed by atoms with van der Waals surface area (Å²) in [4.78, 5) is 0. The Hall–Kier alpha value is -1.61. The first-order chi connectivity index (χ1) is 9.66. The van der Waals surface area contributed by atoms with Gasteiger partial charge in [0.15, 0.2) is 0 Å². The molecule has 3 heteroatoms. The van der Waals surface area contributed by atoms with Crippen LogP contribution in [0.2, 0.25) is 0 Å². The fourth-order valence-electron chi connectivity index (χ4n) is 2.32. The summed E-state index contributed by atoms with van der Waals surface area (Å²) in [6, 6.07) is 10.8. The Balaban J connectivity index is 2.09. The van der Waals surface area contributed by atoms with Gasteiger partial charge in [0, 0.05) is 18.9 Å². The Bertz CT molecular complexity index is 507. The Labute approximate surface area is 120 Å². The minimum absolute atomic E-state index is 0.0844. The molecule has 0 radical (unpaired) electrons. The third kappa shape index (κ3) is 4.20. The molecule has 1 unspecified atom stereocenters. The molecule has 20 heavy (non-hydrogen) atoms. The maximum atomic E-state index is 14.0. The second-order valence-corrected chi connectivity index (χ2v) is 5.55. The van der Waals surface area contributed by atoms with Gasteiger partial charge in [-0.25, -0.2) is 4.39 Å². The van der Waals surface area contributed by atoms with E-state index in [0.717, 1.165) is 24.4 Å². The lowest BCUT2D eigenvalue weighted by atomic mass is 9.94. The summed E-state index contributed by atoms with van der Waals surface area (Å²) in [6.45, 7) is 6.01. The van der Waals surface area contributed by atoms with E-state index in [4.69, 9.17) is 4.42 Å². The molecule has 1 N–H and O–H groups in total. The summed E-state index contributed by atoms with van der Waals surface area (Å²) in [5.74, 6) is 1.42. The van der Waals surface area contributed by atoms with Crippen LogP contribution >= 0.6 is 0 Å². The predicted molar refractivity (Wildman–Crippen MR) is 79.3 cm³/mol. The fourth-order valence-corrected chi connectivity index (χ4v) is 2.32. The number of hydrogen-bond acceptors (Lipinski definition) is 2. The molecule has 2 rings (SSSR count). The van der Waals surface area contributed by atoms with Crippen molar-refractivity contribution in [3.8, 4) is 0 Å². The van der Waals surface area contributed by atoms with Crippen molar-refractivity contribution < 1.29 is 8.81 Å². The van der Waals surface area contributed by atoms with Gasteiger partial charge in [0.1, 0.15) is 11.6 Å². The minimum atomic E-state index is -0.143. The number of hydrogen-bond donors (Lipinski definition) is 1. The molecule has 2 nitrogen and oxygen atoms in total. The molecule has 0 spiro atoms. The second kappa shape index (κ2) is 7.25. The lowest BCUT2D eigenvalue weighted by Crippen LogP contribution is -2.27. The van der Waals surface area contributed by atoms with Crippen LogP contribution in [0.25, 0.3) is 0 Å². The second-order valence-electron chi connectivity index (χ2n) is 5.55. The monoisotopic (exact) mass is 275 g/mol. The summed E-state index contributed by atoms with van der Waals surface area (Å²) >= 11 is 0. The minimum Gasteiger partial charge on any atom is -0.469 e. The van der Waals surface area contributed by atoms with E-state index < -0.39 is 0 Å². The Morgan fingerprint density at radius 1 is 1.10 bits per heavy atom. The largest absolute Gasteiger partial charge is 0.469 e. The van der Waals surface area contributed by atoms with Crippen molar-refractivity contribution in [3.63, 3.8) is 0 Å². The van der Waals surface area contributed by atoms with Gasteiger partial charge in [0.2, 0.25) is 0 Å². The Morgan fingerprint density at radius 3 is 2.55 bits per heavy atom. The summed E-state index contributed by atoms with van der Waals surface area (Å²) in [5, 5.41) is 3.41. The van der Waals surface area contributed by atoms with Crippen LogP contribution in [0.1, 0.15) is 31.1 Å². The summed E-state index contributed by atoms with van der Waals surface area (Å²) in [5.41, 5.74) is 0.750. The maximum absolute atomic E-state index is 14.0. The van der Waals surface area contributed by atoms with E-state index in [2.05, 4.69) is 19.2 Å². The third-order valence-electron chi connectivity index (χ3n) is 3.32. The van der Waals surface area contributed by atoms with Gasteiger partial charge in [-0.1, -0.05) is 32.0 Å². The Morgan fingerprint density at radius 2 is 1.90 bits per heavy atom. The number of halogens is 1. The van der Waals surface area contributed by atoms with Crippen LogP contribution in [0.3, 0.4) is 0 Å². The van der Waals surface area contributed by atoms with Gasteiger partial charge >= 0.3 is 0 Å². The molecule has 1 aromatic carbocycles. The normalized spacial score (nSPS) is 12.8. The summed E-state index contributed by atoms with van der Waals surface area (Å²) in [6.07, 6.45) is 2.37. The van der Waals surface area contributed by atoms with Crippen molar-refractivity contribution in [1.29, 1.82) is 0 Å². The van der Waals surface area contributed by atoms with Crippen LogP contribution in [0.15, 0.2) is 47.1 Å². The van der Waals surface area contributed by atoms with E-state index >= 15 is 0 Å². The molecule has 0 aliphatic heterocycles. The highest BCUT2D eigenvalue weighted by Crippen LogP contribution is 2.23. The van der Waals surface area contributed by atoms with Crippen molar-refractivity contribution in [1.82, 2.24) is 5.32 Å². The molecule has 0 saturated carbocycles. The van der Waals surface area contributed by atoms with Crippen LogP contribution in [-0.2, 0) is 6.42 Å². The van der Waals surface area contributed by atoms with Crippen LogP contribution < -0.4 is 5.32 Å². The molecule has 0 fully saturated rings. The SMILES string of the molecule is CC(C)CNCC(Cc1ccco1)c1ccccc1F. The quantitative estimate of drug-likeness (QED) is 0.826. The van der Waals surface area contributed by atoms with Crippen molar-refractivity contribution in [2.45, 2.75) is 26.2 Å². The molecule has 1 heterocycles. The maximum Gasteiger partial charge on any atom is 0.126 e. The number of rotatable bonds is 7. The predicted octanol–water partition coefficient (Wildman–Crippen LogP) is 3.99. The van der Waals surface area contributed by atoms with Crippen LogP contribution in [0.5, 0.6) is 0 Å².